The van der Waals surface area contributed by atoms with Crippen LogP contribution >= 0.6 is 11.8 Å². The van der Waals surface area contributed by atoms with Crippen molar-refractivity contribution in [1.29, 1.82) is 0 Å². The molecule has 1 saturated heterocycles. The molecule has 0 atom stereocenters. The number of rotatable bonds is 9. The van der Waals surface area contributed by atoms with E-state index in [1.807, 2.05) is 12.1 Å². The fraction of sp³-hybridized carbons (Fsp3) is 0.292. The monoisotopic (exact) mass is 484 g/mol. The lowest BCUT2D eigenvalue weighted by atomic mass is 10.1. The number of nitrogens with zero attached hydrogens (tertiary/aromatic N) is 1. The van der Waals surface area contributed by atoms with Crippen LogP contribution in [0.5, 0.6) is 23.0 Å². The molecule has 0 saturated carbocycles. The zero-order valence-electron chi connectivity index (χ0n) is 18.8. The Bertz CT molecular complexity index is 1150. The Hall–Kier alpha value is -3.66. The lowest BCUT2D eigenvalue weighted by molar-refractivity contribution is -0.124. The van der Waals surface area contributed by atoms with Gasteiger partial charge in [0.2, 0.25) is 12.7 Å². The third-order valence-corrected chi connectivity index (χ3v) is 6.22. The molecule has 4 rings (SSSR count). The second-order valence-corrected chi connectivity index (χ2v) is 8.48. The number of ether oxygens (including phenoxy) is 4. The van der Waals surface area contributed by atoms with E-state index >= 15 is 0 Å². The normalized spacial score (nSPS) is 15.7. The Kier molecular flexibility index (Phi) is 7.27. The molecule has 178 valence electrons. The number of imide groups is 1. The minimum absolute atomic E-state index is 0.102. The van der Waals surface area contributed by atoms with E-state index in [0.717, 1.165) is 27.8 Å². The summed E-state index contributed by atoms with van der Waals surface area (Å²) in [6.07, 6.45) is 2.43. The van der Waals surface area contributed by atoms with Gasteiger partial charge in [-0.25, -0.2) is 0 Å². The van der Waals surface area contributed by atoms with E-state index in [1.165, 1.54) is 0 Å². The molecule has 0 aromatic heterocycles. The average molecular weight is 485 g/mol. The van der Waals surface area contributed by atoms with Gasteiger partial charge >= 0.3 is 0 Å². The lowest BCUT2D eigenvalue weighted by Gasteiger charge is -2.13. The number of carbonyl (C=O) groups is 3. The molecule has 3 amide bonds. The Labute approximate surface area is 201 Å². The van der Waals surface area contributed by atoms with Crippen LogP contribution in [0, 0.1) is 0 Å². The Morgan fingerprint density at radius 1 is 1.09 bits per heavy atom. The maximum atomic E-state index is 12.7. The molecular formula is C24H24N2O7S. The van der Waals surface area contributed by atoms with Crippen LogP contribution in [0.3, 0.4) is 0 Å². The van der Waals surface area contributed by atoms with Crippen molar-refractivity contribution in [2.24, 2.45) is 0 Å². The van der Waals surface area contributed by atoms with Gasteiger partial charge in [0.05, 0.1) is 19.1 Å². The Balaban J connectivity index is 1.26. The van der Waals surface area contributed by atoms with Gasteiger partial charge < -0.3 is 24.3 Å². The molecule has 34 heavy (non-hydrogen) atoms. The molecule has 1 fully saturated rings. The second-order valence-electron chi connectivity index (χ2n) is 7.49. The first-order valence-corrected chi connectivity index (χ1v) is 11.4. The summed E-state index contributed by atoms with van der Waals surface area (Å²) in [5.74, 6) is 1.93. The van der Waals surface area contributed by atoms with Crippen molar-refractivity contribution in [3.8, 4) is 23.0 Å². The quantitative estimate of drug-likeness (QED) is 0.541. The van der Waals surface area contributed by atoms with Crippen LogP contribution in [-0.4, -0.2) is 56.1 Å². The largest absolute Gasteiger partial charge is 0.493 e. The van der Waals surface area contributed by atoms with Crippen molar-refractivity contribution in [3.05, 3.63) is 52.4 Å². The molecule has 2 aliphatic heterocycles. The molecule has 0 aliphatic carbocycles. The first-order valence-electron chi connectivity index (χ1n) is 10.6. The number of aryl methyl sites for hydroxylation is 1. The number of nitrogens with one attached hydrogen (secondary N) is 1. The highest BCUT2D eigenvalue weighted by Gasteiger charge is 2.34. The van der Waals surface area contributed by atoms with Crippen LogP contribution in [-0.2, 0) is 16.0 Å². The number of hydrogen-bond acceptors (Lipinski definition) is 8. The van der Waals surface area contributed by atoms with Gasteiger partial charge in [0.15, 0.2) is 23.0 Å². The third kappa shape index (κ3) is 5.28. The van der Waals surface area contributed by atoms with Gasteiger partial charge in [0.1, 0.15) is 0 Å². The summed E-state index contributed by atoms with van der Waals surface area (Å²) in [5, 5.41) is 2.40. The highest BCUT2D eigenvalue weighted by Crippen LogP contribution is 2.36. The number of benzene rings is 2. The highest BCUT2D eigenvalue weighted by molar-refractivity contribution is 8.18. The molecule has 2 aliphatic rings. The topological polar surface area (TPSA) is 103 Å². The first kappa shape index (κ1) is 23.5. The minimum atomic E-state index is -0.382. The van der Waals surface area contributed by atoms with Gasteiger partial charge in [-0.3, -0.25) is 19.3 Å². The summed E-state index contributed by atoms with van der Waals surface area (Å²) in [4.78, 5) is 38.7. The smallest absolute Gasteiger partial charge is 0.293 e. The zero-order valence-corrected chi connectivity index (χ0v) is 19.6. The standard InChI is InChI=1S/C24H24N2O7S/c1-30-17-6-3-15(11-19(17)31-2)5-8-22(27)25-9-10-26-23(28)21(34-24(26)29)13-16-4-7-18-20(12-16)33-14-32-18/h3-4,6-7,11-13H,5,8-10,14H2,1-2H3,(H,25,27)/b21-13-. The summed E-state index contributed by atoms with van der Waals surface area (Å²) < 4.78 is 21.1. The number of methoxy groups -OCH3 is 2. The summed E-state index contributed by atoms with van der Waals surface area (Å²) in [6.45, 7) is 0.445. The van der Waals surface area contributed by atoms with E-state index in [4.69, 9.17) is 18.9 Å². The summed E-state index contributed by atoms with van der Waals surface area (Å²) in [7, 11) is 3.12. The van der Waals surface area contributed by atoms with E-state index < -0.39 is 0 Å². The van der Waals surface area contributed by atoms with E-state index in [9.17, 15) is 14.4 Å². The third-order valence-electron chi connectivity index (χ3n) is 5.31. The van der Waals surface area contributed by atoms with Gasteiger partial charge in [0.25, 0.3) is 11.1 Å². The summed E-state index contributed by atoms with van der Waals surface area (Å²) >= 11 is 0.874. The number of carbonyl (C=O) groups excluding carboxylic acids is 3. The van der Waals surface area contributed by atoms with Crippen LogP contribution in [0.25, 0.3) is 6.08 Å². The van der Waals surface area contributed by atoms with Crippen LogP contribution in [0.1, 0.15) is 17.5 Å². The van der Waals surface area contributed by atoms with E-state index in [2.05, 4.69) is 5.32 Å². The van der Waals surface area contributed by atoms with Crippen molar-refractivity contribution in [3.63, 3.8) is 0 Å². The Morgan fingerprint density at radius 2 is 1.88 bits per heavy atom. The predicted octanol–water partition coefficient (Wildman–Crippen LogP) is 3.22. The van der Waals surface area contributed by atoms with Gasteiger partial charge in [0, 0.05) is 19.5 Å². The van der Waals surface area contributed by atoms with Crippen LogP contribution < -0.4 is 24.3 Å². The second kappa shape index (κ2) is 10.5. The SMILES string of the molecule is COc1ccc(CCC(=O)NCCN2C(=O)S/C(=C\c3ccc4c(c3)OCO4)C2=O)cc1OC. The van der Waals surface area contributed by atoms with E-state index in [1.54, 1.807) is 44.6 Å². The fourth-order valence-corrected chi connectivity index (χ4v) is 4.40. The molecule has 0 spiro atoms. The van der Waals surface area contributed by atoms with Crippen LogP contribution in [0.2, 0.25) is 0 Å². The molecule has 1 N–H and O–H groups in total. The van der Waals surface area contributed by atoms with E-state index in [0.29, 0.717) is 34.3 Å². The molecule has 10 heteroatoms. The first-order chi connectivity index (χ1) is 16.5. The maximum Gasteiger partial charge on any atom is 0.293 e. The molecule has 9 nitrogen and oxygen atoms in total. The fourth-order valence-electron chi connectivity index (χ4n) is 3.54. The predicted molar refractivity (Wildman–Crippen MR) is 126 cm³/mol. The summed E-state index contributed by atoms with van der Waals surface area (Å²) in [5.41, 5.74) is 1.67. The molecule has 0 bridgehead atoms. The molecule has 0 radical (unpaired) electrons. The minimum Gasteiger partial charge on any atom is -0.493 e. The number of fused-ring (bicyclic) bond motifs is 1. The van der Waals surface area contributed by atoms with Gasteiger partial charge in [-0.2, -0.15) is 0 Å². The molecule has 0 unspecified atom stereocenters. The van der Waals surface area contributed by atoms with Crippen molar-refractivity contribution in [2.45, 2.75) is 12.8 Å². The van der Waals surface area contributed by atoms with Crippen LogP contribution in [0.4, 0.5) is 4.79 Å². The lowest BCUT2D eigenvalue weighted by Crippen LogP contribution is -2.37. The zero-order chi connectivity index (χ0) is 24.1. The number of hydrogen-bond donors (Lipinski definition) is 1. The molecule has 2 aromatic rings. The number of amides is 3. The molecule has 2 aromatic carbocycles. The number of thioether (sulfide) groups is 1. The molecular weight excluding hydrogens is 460 g/mol. The van der Waals surface area contributed by atoms with Crippen molar-refractivity contribution < 1.29 is 33.3 Å². The average Bonchev–Trinajstić information content (AvgIpc) is 3.41. The van der Waals surface area contributed by atoms with Crippen molar-refractivity contribution >= 4 is 34.9 Å². The maximum absolute atomic E-state index is 12.7. The summed E-state index contributed by atoms with van der Waals surface area (Å²) in [6, 6.07) is 10.8. The van der Waals surface area contributed by atoms with Gasteiger partial charge in [-0.1, -0.05) is 12.1 Å². The van der Waals surface area contributed by atoms with Gasteiger partial charge in [-0.15, -0.1) is 0 Å². The van der Waals surface area contributed by atoms with Crippen LogP contribution in [0.15, 0.2) is 41.3 Å². The Morgan fingerprint density at radius 3 is 2.68 bits per heavy atom. The van der Waals surface area contributed by atoms with E-state index in [-0.39, 0.29) is 43.4 Å². The van der Waals surface area contributed by atoms with Crippen molar-refractivity contribution in [2.75, 3.05) is 34.1 Å². The highest BCUT2D eigenvalue weighted by atomic mass is 32.2. The molecule has 2 heterocycles. The van der Waals surface area contributed by atoms with Crippen molar-refractivity contribution in [1.82, 2.24) is 10.2 Å². The van der Waals surface area contributed by atoms with Gasteiger partial charge in [-0.05, 0) is 59.7 Å².